The average Bonchev–Trinajstić information content (AvgIpc) is 2.92. The zero-order valence-corrected chi connectivity index (χ0v) is 9.88. The molecule has 0 aliphatic rings. The van der Waals surface area contributed by atoms with Gasteiger partial charge in [-0.15, -0.1) is 10.2 Å². The molecule has 2 N–H and O–H groups in total. The van der Waals surface area contributed by atoms with Crippen LogP contribution in [0.4, 0.5) is 5.69 Å². The summed E-state index contributed by atoms with van der Waals surface area (Å²) in [4.78, 5) is 11.6. The van der Waals surface area contributed by atoms with Crippen LogP contribution in [0.15, 0.2) is 24.3 Å². The molecule has 1 heterocycles. The lowest BCUT2D eigenvalue weighted by Crippen LogP contribution is -2.13. The van der Waals surface area contributed by atoms with Crippen molar-refractivity contribution in [2.75, 3.05) is 11.9 Å². The maximum Gasteiger partial charge on any atom is 0.297 e. The summed E-state index contributed by atoms with van der Waals surface area (Å²) in [5.41, 5.74) is 0.647. The van der Waals surface area contributed by atoms with Crippen LogP contribution in [0.3, 0.4) is 0 Å². The number of benzene rings is 1. The SMILES string of the molecule is CCCOc1ccc(NC(=O)c2nn[nH]n2)cc1. The Bertz CT molecular complexity index is 495. The van der Waals surface area contributed by atoms with E-state index in [0.717, 1.165) is 12.2 Å². The van der Waals surface area contributed by atoms with Crippen LogP contribution in [0.2, 0.25) is 0 Å². The van der Waals surface area contributed by atoms with Gasteiger partial charge in [0.05, 0.1) is 6.61 Å². The van der Waals surface area contributed by atoms with Crippen LogP contribution < -0.4 is 10.1 Å². The van der Waals surface area contributed by atoms with E-state index >= 15 is 0 Å². The van der Waals surface area contributed by atoms with E-state index in [9.17, 15) is 4.79 Å². The Morgan fingerprint density at radius 1 is 1.39 bits per heavy atom. The van der Waals surface area contributed by atoms with Crippen molar-refractivity contribution in [3.05, 3.63) is 30.1 Å². The van der Waals surface area contributed by atoms with Crippen molar-refractivity contribution in [2.45, 2.75) is 13.3 Å². The maximum atomic E-state index is 11.6. The molecule has 0 bridgehead atoms. The van der Waals surface area contributed by atoms with Crippen molar-refractivity contribution >= 4 is 11.6 Å². The molecule has 1 aromatic carbocycles. The van der Waals surface area contributed by atoms with E-state index in [-0.39, 0.29) is 5.82 Å². The van der Waals surface area contributed by atoms with Gasteiger partial charge in [0.25, 0.3) is 11.7 Å². The Hall–Kier alpha value is -2.44. The predicted octanol–water partition coefficient (Wildman–Crippen LogP) is 1.24. The van der Waals surface area contributed by atoms with E-state index in [1.54, 1.807) is 24.3 Å². The van der Waals surface area contributed by atoms with Crippen LogP contribution in [-0.2, 0) is 0 Å². The number of ether oxygens (including phenoxy) is 1. The number of amides is 1. The van der Waals surface area contributed by atoms with Gasteiger partial charge < -0.3 is 10.1 Å². The van der Waals surface area contributed by atoms with Gasteiger partial charge in [-0.3, -0.25) is 4.79 Å². The highest BCUT2D eigenvalue weighted by atomic mass is 16.5. The molecule has 2 aromatic rings. The van der Waals surface area contributed by atoms with E-state index in [0.29, 0.717) is 12.3 Å². The lowest BCUT2D eigenvalue weighted by Gasteiger charge is -2.06. The zero-order valence-electron chi connectivity index (χ0n) is 9.88. The van der Waals surface area contributed by atoms with Gasteiger partial charge in [-0.25, -0.2) is 0 Å². The largest absolute Gasteiger partial charge is 0.494 e. The van der Waals surface area contributed by atoms with E-state index in [1.165, 1.54) is 0 Å². The average molecular weight is 247 g/mol. The molecule has 0 spiro atoms. The minimum Gasteiger partial charge on any atom is -0.494 e. The van der Waals surface area contributed by atoms with Crippen molar-refractivity contribution in [1.29, 1.82) is 0 Å². The fraction of sp³-hybridized carbons (Fsp3) is 0.273. The second-order valence-corrected chi connectivity index (χ2v) is 3.56. The minimum atomic E-state index is -0.411. The van der Waals surface area contributed by atoms with Crippen LogP contribution in [0, 0.1) is 0 Å². The van der Waals surface area contributed by atoms with Crippen molar-refractivity contribution < 1.29 is 9.53 Å². The Kier molecular flexibility index (Phi) is 3.85. The van der Waals surface area contributed by atoms with Gasteiger partial charge in [0.1, 0.15) is 5.75 Å². The van der Waals surface area contributed by atoms with Crippen molar-refractivity contribution in [3.8, 4) is 5.75 Å². The number of anilines is 1. The molecule has 7 heteroatoms. The molecule has 1 aromatic heterocycles. The predicted molar refractivity (Wildman–Crippen MR) is 64.4 cm³/mol. The number of aromatic amines is 1. The van der Waals surface area contributed by atoms with E-state index in [1.807, 2.05) is 6.92 Å². The molecule has 2 rings (SSSR count). The van der Waals surface area contributed by atoms with Gasteiger partial charge in [0.2, 0.25) is 0 Å². The molecule has 18 heavy (non-hydrogen) atoms. The fourth-order valence-corrected chi connectivity index (χ4v) is 1.30. The number of hydrogen-bond donors (Lipinski definition) is 2. The molecule has 0 radical (unpaired) electrons. The number of carbonyl (C=O) groups excluding carboxylic acids is 1. The number of nitrogens with zero attached hydrogens (tertiary/aromatic N) is 3. The van der Waals surface area contributed by atoms with Gasteiger partial charge in [-0.05, 0) is 35.9 Å². The molecule has 1 amide bonds. The highest BCUT2D eigenvalue weighted by Crippen LogP contribution is 2.16. The first-order valence-corrected chi connectivity index (χ1v) is 5.57. The Morgan fingerprint density at radius 2 is 2.17 bits per heavy atom. The molecular formula is C11H13N5O2. The Morgan fingerprint density at radius 3 is 2.78 bits per heavy atom. The van der Waals surface area contributed by atoms with Gasteiger partial charge in [0.15, 0.2) is 0 Å². The third kappa shape index (κ3) is 3.03. The van der Waals surface area contributed by atoms with Gasteiger partial charge in [-0.2, -0.15) is 5.21 Å². The Balaban J connectivity index is 1.96. The number of rotatable bonds is 5. The first-order chi connectivity index (χ1) is 8.79. The smallest absolute Gasteiger partial charge is 0.297 e. The zero-order chi connectivity index (χ0) is 12.8. The monoisotopic (exact) mass is 247 g/mol. The summed E-state index contributed by atoms with van der Waals surface area (Å²) in [6.45, 7) is 2.72. The molecule has 0 unspecified atom stereocenters. The second kappa shape index (κ2) is 5.76. The molecule has 7 nitrogen and oxygen atoms in total. The lowest BCUT2D eigenvalue weighted by molar-refractivity contribution is 0.101. The van der Waals surface area contributed by atoms with Gasteiger partial charge in [-0.1, -0.05) is 6.92 Å². The number of aromatic nitrogens is 4. The first-order valence-electron chi connectivity index (χ1n) is 5.57. The fourth-order valence-electron chi connectivity index (χ4n) is 1.30. The molecule has 94 valence electrons. The maximum absolute atomic E-state index is 11.6. The topological polar surface area (TPSA) is 92.8 Å². The quantitative estimate of drug-likeness (QED) is 0.829. The summed E-state index contributed by atoms with van der Waals surface area (Å²) < 4.78 is 5.43. The molecule has 0 aliphatic heterocycles. The van der Waals surface area contributed by atoms with Gasteiger partial charge >= 0.3 is 0 Å². The van der Waals surface area contributed by atoms with E-state index in [2.05, 4.69) is 25.9 Å². The van der Waals surface area contributed by atoms with Crippen LogP contribution in [-0.4, -0.2) is 33.1 Å². The Labute approximate surface area is 104 Å². The summed E-state index contributed by atoms with van der Waals surface area (Å²) in [6.07, 6.45) is 0.955. The van der Waals surface area contributed by atoms with Crippen molar-refractivity contribution in [1.82, 2.24) is 20.6 Å². The second-order valence-electron chi connectivity index (χ2n) is 3.56. The number of H-pyrrole nitrogens is 1. The lowest BCUT2D eigenvalue weighted by atomic mass is 10.3. The van der Waals surface area contributed by atoms with Gasteiger partial charge in [0, 0.05) is 5.69 Å². The molecule has 0 aliphatic carbocycles. The molecular weight excluding hydrogens is 234 g/mol. The number of tetrazole rings is 1. The summed E-state index contributed by atoms with van der Waals surface area (Å²) in [5, 5.41) is 15.4. The van der Waals surface area contributed by atoms with Crippen LogP contribution in [0.5, 0.6) is 5.75 Å². The number of carbonyl (C=O) groups is 1. The third-order valence-electron chi connectivity index (χ3n) is 2.13. The molecule has 0 fully saturated rings. The summed E-state index contributed by atoms with van der Waals surface area (Å²) >= 11 is 0. The van der Waals surface area contributed by atoms with Crippen molar-refractivity contribution in [3.63, 3.8) is 0 Å². The summed E-state index contributed by atoms with van der Waals surface area (Å²) in [5.74, 6) is 0.363. The molecule has 0 saturated carbocycles. The van der Waals surface area contributed by atoms with Crippen LogP contribution >= 0.6 is 0 Å². The highest BCUT2D eigenvalue weighted by molar-refractivity contribution is 6.01. The van der Waals surface area contributed by atoms with E-state index in [4.69, 9.17) is 4.74 Å². The summed E-state index contributed by atoms with van der Waals surface area (Å²) in [6, 6.07) is 7.09. The van der Waals surface area contributed by atoms with E-state index < -0.39 is 5.91 Å². The van der Waals surface area contributed by atoms with Crippen LogP contribution in [0.25, 0.3) is 0 Å². The van der Waals surface area contributed by atoms with Crippen LogP contribution in [0.1, 0.15) is 24.0 Å². The normalized spacial score (nSPS) is 10.1. The minimum absolute atomic E-state index is 0.00121. The third-order valence-corrected chi connectivity index (χ3v) is 2.13. The highest BCUT2D eigenvalue weighted by Gasteiger charge is 2.10. The number of nitrogens with one attached hydrogen (secondary N) is 2. The standard InChI is InChI=1S/C11H13N5O2/c1-2-7-18-9-5-3-8(4-6-9)12-11(17)10-13-15-16-14-10/h3-6H,2,7H2,1H3,(H,12,17)(H,13,14,15,16). The van der Waals surface area contributed by atoms with Crippen molar-refractivity contribution in [2.24, 2.45) is 0 Å². The number of hydrogen-bond acceptors (Lipinski definition) is 5. The molecule has 0 atom stereocenters. The first kappa shape index (κ1) is 12.0. The summed E-state index contributed by atoms with van der Waals surface area (Å²) in [7, 11) is 0. The molecule has 0 saturated heterocycles.